The monoisotopic (exact) mass is 281 g/mol. The van der Waals surface area contributed by atoms with Gasteiger partial charge in [-0.3, -0.25) is 4.79 Å². The lowest BCUT2D eigenvalue weighted by Crippen LogP contribution is -2.37. The van der Waals surface area contributed by atoms with Crippen LogP contribution in [0.5, 0.6) is 5.88 Å². The first-order chi connectivity index (χ1) is 9.58. The van der Waals surface area contributed by atoms with Gasteiger partial charge in [0.2, 0.25) is 5.88 Å². The van der Waals surface area contributed by atoms with E-state index in [-0.39, 0.29) is 18.6 Å². The molecule has 6 nitrogen and oxygen atoms in total. The van der Waals surface area contributed by atoms with Crippen LogP contribution in [0.25, 0.3) is 0 Å². The lowest BCUT2D eigenvalue weighted by atomic mass is 10.3. The summed E-state index contributed by atoms with van der Waals surface area (Å²) in [4.78, 5) is 21.8. The number of anilines is 1. The van der Waals surface area contributed by atoms with Crippen molar-refractivity contribution in [1.82, 2.24) is 9.97 Å². The molecule has 0 radical (unpaired) electrons. The molecule has 0 N–H and O–H groups in total. The summed E-state index contributed by atoms with van der Waals surface area (Å²) in [6, 6.07) is 1.86. The Labute approximate surface area is 120 Å². The fourth-order valence-electron chi connectivity index (χ4n) is 1.65. The molecule has 1 rings (SSSR count). The highest BCUT2D eigenvalue weighted by atomic mass is 16.5. The van der Waals surface area contributed by atoms with Gasteiger partial charge in [0.1, 0.15) is 18.7 Å². The minimum absolute atomic E-state index is 0.119. The average molecular weight is 281 g/mol. The van der Waals surface area contributed by atoms with Crippen LogP contribution in [0, 0.1) is 0 Å². The maximum Gasteiger partial charge on any atom is 0.325 e. The van der Waals surface area contributed by atoms with Gasteiger partial charge in [-0.15, -0.1) is 0 Å². The molecule has 1 aromatic heterocycles. The van der Waals surface area contributed by atoms with Crippen molar-refractivity contribution in [2.24, 2.45) is 0 Å². The van der Waals surface area contributed by atoms with E-state index < -0.39 is 0 Å². The number of hydrogen-bond donors (Lipinski definition) is 0. The molecule has 0 unspecified atom stereocenters. The number of ether oxygens (including phenoxy) is 2. The van der Waals surface area contributed by atoms with Gasteiger partial charge in [0.05, 0.1) is 13.2 Å². The maximum atomic E-state index is 11.6. The van der Waals surface area contributed by atoms with E-state index in [4.69, 9.17) is 9.47 Å². The molecule has 1 aromatic rings. The Kier molecular flexibility index (Phi) is 6.76. The Balaban J connectivity index is 2.83. The molecule has 0 aliphatic rings. The summed E-state index contributed by atoms with van der Waals surface area (Å²) in [6.45, 7) is 8.95. The first kappa shape index (κ1) is 16.2. The number of esters is 1. The molecular weight excluding hydrogens is 258 g/mol. The predicted molar refractivity (Wildman–Crippen MR) is 76.9 cm³/mol. The van der Waals surface area contributed by atoms with Crippen LogP contribution in [0.1, 0.15) is 34.1 Å². The lowest BCUT2D eigenvalue weighted by molar-refractivity contribution is -0.141. The van der Waals surface area contributed by atoms with E-state index in [0.717, 1.165) is 6.42 Å². The highest BCUT2D eigenvalue weighted by Gasteiger charge is 2.17. The molecule has 0 aliphatic heterocycles. The smallest absolute Gasteiger partial charge is 0.325 e. The molecule has 0 fully saturated rings. The van der Waals surface area contributed by atoms with Crippen LogP contribution in [0.2, 0.25) is 0 Å². The van der Waals surface area contributed by atoms with Gasteiger partial charge in [-0.1, -0.05) is 6.92 Å². The Hall–Kier alpha value is -1.85. The Morgan fingerprint density at radius 3 is 2.70 bits per heavy atom. The van der Waals surface area contributed by atoms with Crippen LogP contribution in [0.4, 0.5) is 5.82 Å². The fourth-order valence-corrected chi connectivity index (χ4v) is 1.65. The second-order valence-corrected chi connectivity index (χ2v) is 4.59. The van der Waals surface area contributed by atoms with Crippen molar-refractivity contribution >= 4 is 11.8 Å². The van der Waals surface area contributed by atoms with Gasteiger partial charge < -0.3 is 14.4 Å². The zero-order valence-corrected chi connectivity index (χ0v) is 12.6. The van der Waals surface area contributed by atoms with Crippen LogP contribution >= 0.6 is 0 Å². The fraction of sp³-hybridized carbons (Fsp3) is 0.643. The number of carbonyl (C=O) groups is 1. The first-order valence-corrected chi connectivity index (χ1v) is 6.95. The molecule has 0 aromatic carbocycles. The third-order valence-electron chi connectivity index (χ3n) is 2.60. The quantitative estimate of drug-likeness (QED) is 0.679. The highest BCUT2D eigenvalue weighted by molar-refractivity contribution is 5.75. The zero-order chi connectivity index (χ0) is 15.0. The number of hydrogen-bond acceptors (Lipinski definition) is 6. The highest BCUT2D eigenvalue weighted by Crippen LogP contribution is 2.18. The largest absolute Gasteiger partial charge is 0.478 e. The average Bonchev–Trinajstić information content (AvgIpc) is 2.43. The van der Waals surface area contributed by atoms with Crippen molar-refractivity contribution in [3.05, 3.63) is 12.4 Å². The molecule has 1 heterocycles. The summed E-state index contributed by atoms with van der Waals surface area (Å²) in [7, 11) is 0. The molecule has 0 amide bonds. The third kappa shape index (κ3) is 5.03. The van der Waals surface area contributed by atoms with Crippen LogP contribution < -0.4 is 9.64 Å². The zero-order valence-electron chi connectivity index (χ0n) is 12.6. The number of nitrogens with zero attached hydrogens (tertiary/aromatic N) is 3. The molecule has 6 heteroatoms. The summed E-state index contributed by atoms with van der Waals surface area (Å²) in [5.74, 6) is 0.913. The van der Waals surface area contributed by atoms with Gasteiger partial charge in [0, 0.05) is 12.1 Å². The molecular formula is C14H23N3O3. The van der Waals surface area contributed by atoms with Gasteiger partial charge >= 0.3 is 5.97 Å². The van der Waals surface area contributed by atoms with E-state index in [1.807, 2.05) is 25.7 Å². The molecule has 0 aliphatic carbocycles. The normalized spacial score (nSPS) is 10.4. The van der Waals surface area contributed by atoms with E-state index in [0.29, 0.717) is 24.9 Å². The van der Waals surface area contributed by atoms with Crippen molar-refractivity contribution < 1.29 is 14.3 Å². The molecule has 0 saturated carbocycles. The van der Waals surface area contributed by atoms with Gasteiger partial charge in [-0.05, 0) is 27.2 Å². The second-order valence-electron chi connectivity index (χ2n) is 4.59. The van der Waals surface area contributed by atoms with Gasteiger partial charge in [-0.2, -0.15) is 0 Å². The Morgan fingerprint density at radius 1 is 1.35 bits per heavy atom. The molecule has 0 bridgehead atoms. The van der Waals surface area contributed by atoms with E-state index in [1.165, 1.54) is 6.33 Å². The summed E-state index contributed by atoms with van der Waals surface area (Å²) >= 11 is 0. The number of aromatic nitrogens is 2. The standard InChI is InChI=1S/C14H23N3O3/c1-5-7-20-13-8-12(15-10-16-13)17(11(3)4)9-14(18)19-6-2/h8,10-11H,5-7,9H2,1-4H3. The van der Waals surface area contributed by atoms with Gasteiger partial charge in [0.25, 0.3) is 0 Å². The van der Waals surface area contributed by atoms with Crippen molar-refractivity contribution in [2.45, 2.75) is 40.2 Å². The van der Waals surface area contributed by atoms with Crippen molar-refractivity contribution in [2.75, 3.05) is 24.7 Å². The van der Waals surface area contributed by atoms with E-state index in [2.05, 4.69) is 9.97 Å². The molecule has 0 spiro atoms. The molecule has 20 heavy (non-hydrogen) atoms. The predicted octanol–water partition coefficient (Wildman–Crippen LogP) is 2.04. The summed E-state index contributed by atoms with van der Waals surface area (Å²) in [6.07, 6.45) is 2.36. The number of rotatable bonds is 8. The Morgan fingerprint density at radius 2 is 2.10 bits per heavy atom. The van der Waals surface area contributed by atoms with Crippen LogP contribution in [-0.4, -0.2) is 41.7 Å². The minimum Gasteiger partial charge on any atom is -0.478 e. The second kappa shape index (κ2) is 8.35. The summed E-state index contributed by atoms with van der Waals surface area (Å²) in [5, 5.41) is 0. The first-order valence-electron chi connectivity index (χ1n) is 6.95. The number of carbonyl (C=O) groups excluding carboxylic acids is 1. The van der Waals surface area contributed by atoms with Crippen LogP contribution in [0.3, 0.4) is 0 Å². The van der Waals surface area contributed by atoms with Gasteiger partial charge in [0.15, 0.2) is 0 Å². The van der Waals surface area contributed by atoms with Crippen molar-refractivity contribution in [3.8, 4) is 5.88 Å². The van der Waals surface area contributed by atoms with Crippen LogP contribution in [-0.2, 0) is 9.53 Å². The van der Waals surface area contributed by atoms with Crippen molar-refractivity contribution in [1.29, 1.82) is 0 Å². The topological polar surface area (TPSA) is 64.5 Å². The SMILES string of the molecule is CCCOc1cc(N(CC(=O)OCC)C(C)C)ncn1. The summed E-state index contributed by atoms with van der Waals surface area (Å²) in [5.41, 5.74) is 0. The van der Waals surface area contributed by atoms with Crippen LogP contribution in [0.15, 0.2) is 12.4 Å². The third-order valence-corrected chi connectivity index (χ3v) is 2.60. The Bertz CT molecular complexity index is 424. The van der Waals surface area contributed by atoms with E-state index in [9.17, 15) is 4.79 Å². The molecule has 0 saturated heterocycles. The molecule has 0 atom stereocenters. The molecule has 112 valence electrons. The van der Waals surface area contributed by atoms with E-state index in [1.54, 1.807) is 13.0 Å². The minimum atomic E-state index is -0.268. The van der Waals surface area contributed by atoms with Crippen molar-refractivity contribution in [3.63, 3.8) is 0 Å². The lowest BCUT2D eigenvalue weighted by Gasteiger charge is -2.26. The maximum absolute atomic E-state index is 11.6. The van der Waals surface area contributed by atoms with E-state index >= 15 is 0 Å². The summed E-state index contributed by atoms with van der Waals surface area (Å²) < 4.78 is 10.5. The van der Waals surface area contributed by atoms with Gasteiger partial charge in [-0.25, -0.2) is 9.97 Å².